The number of rotatable bonds is 7. The summed E-state index contributed by atoms with van der Waals surface area (Å²) in [5.74, 6) is 0.821. The van der Waals surface area contributed by atoms with E-state index in [1.807, 2.05) is 42.5 Å². The van der Waals surface area contributed by atoms with Crippen molar-refractivity contribution in [2.75, 3.05) is 36.5 Å². The lowest BCUT2D eigenvalue weighted by Crippen LogP contribution is -2.60. The quantitative estimate of drug-likeness (QED) is 0.439. The highest BCUT2D eigenvalue weighted by Gasteiger charge is 2.50. The summed E-state index contributed by atoms with van der Waals surface area (Å²) < 4.78 is 5.48. The lowest BCUT2D eigenvalue weighted by Gasteiger charge is -2.50. The standard InChI is InChI=1S/C33H37N3O3/c37-24-36(23-25-6-2-1-3-7-25)33(15-14-28-20-26-8-4-5-9-27(26)21-29(28)22-33)32(38)34-30-10-12-31(13-11-30)35-16-18-39-19-17-35/h1-13,24,28-29H,14-23H2,(H,34,38)/t28-,29+,33+/m0/s1. The number of carbonyl (C=O) groups excluding carboxylic acids is 2. The summed E-state index contributed by atoms with van der Waals surface area (Å²) in [5.41, 5.74) is 4.85. The summed E-state index contributed by atoms with van der Waals surface area (Å²) in [6.07, 6.45) is 5.19. The van der Waals surface area contributed by atoms with Crippen LogP contribution in [0.2, 0.25) is 0 Å². The Morgan fingerprint density at radius 2 is 1.59 bits per heavy atom. The first-order valence-corrected chi connectivity index (χ1v) is 14.2. The molecule has 3 atom stereocenters. The zero-order valence-electron chi connectivity index (χ0n) is 22.4. The van der Waals surface area contributed by atoms with Crippen LogP contribution in [0.5, 0.6) is 0 Å². The third-order valence-electron chi connectivity index (χ3n) is 9.07. The third kappa shape index (κ3) is 5.30. The van der Waals surface area contributed by atoms with E-state index in [0.29, 0.717) is 31.2 Å². The molecule has 1 saturated heterocycles. The third-order valence-corrected chi connectivity index (χ3v) is 9.07. The molecule has 0 unspecified atom stereocenters. The highest BCUT2D eigenvalue weighted by molar-refractivity contribution is 5.99. The van der Waals surface area contributed by atoms with Crippen molar-refractivity contribution in [3.05, 3.63) is 95.6 Å². The molecule has 1 heterocycles. The fourth-order valence-corrected chi connectivity index (χ4v) is 6.88. The molecule has 0 bridgehead atoms. The van der Waals surface area contributed by atoms with Crippen molar-refractivity contribution in [1.29, 1.82) is 0 Å². The number of hydrogen-bond donors (Lipinski definition) is 1. The van der Waals surface area contributed by atoms with Crippen molar-refractivity contribution in [1.82, 2.24) is 4.90 Å². The number of hydrogen-bond acceptors (Lipinski definition) is 4. The van der Waals surface area contributed by atoms with Crippen LogP contribution < -0.4 is 10.2 Å². The van der Waals surface area contributed by atoms with Gasteiger partial charge in [0.2, 0.25) is 12.3 Å². The molecule has 0 aromatic heterocycles. The second kappa shape index (κ2) is 11.2. The highest BCUT2D eigenvalue weighted by atomic mass is 16.5. The van der Waals surface area contributed by atoms with E-state index in [1.165, 1.54) is 11.1 Å². The van der Waals surface area contributed by atoms with E-state index < -0.39 is 5.54 Å². The van der Waals surface area contributed by atoms with Gasteiger partial charge in [-0.15, -0.1) is 0 Å². The van der Waals surface area contributed by atoms with E-state index in [0.717, 1.165) is 68.9 Å². The van der Waals surface area contributed by atoms with E-state index >= 15 is 0 Å². The summed E-state index contributed by atoms with van der Waals surface area (Å²) in [5, 5.41) is 3.22. The van der Waals surface area contributed by atoms with Crippen LogP contribution in [0.15, 0.2) is 78.9 Å². The number of benzene rings is 3. The molecule has 0 spiro atoms. The predicted molar refractivity (Wildman–Crippen MR) is 154 cm³/mol. The fraction of sp³-hybridized carbons (Fsp3) is 0.394. The Morgan fingerprint density at radius 3 is 2.28 bits per heavy atom. The van der Waals surface area contributed by atoms with Gasteiger partial charge in [-0.1, -0.05) is 54.6 Å². The van der Waals surface area contributed by atoms with Gasteiger partial charge in [0.15, 0.2) is 0 Å². The van der Waals surface area contributed by atoms with Gasteiger partial charge >= 0.3 is 0 Å². The van der Waals surface area contributed by atoms with Gasteiger partial charge in [-0.3, -0.25) is 9.59 Å². The second-order valence-electron chi connectivity index (χ2n) is 11.3. The fourth-order valence-electron chi connectivity index (χ4n) is 6.88. The van der Waals surface area contributed by atoms with Crippen molar-refractivity contribution < 1.29 is 14.3 Å². The molecule has 3 aliphatic rings. The van der Waals surface area contributed by atoms with Crippen molar-refractivity contribution in [3.8, 4) is 0 Å². The normalized spacial score (nSPS) is 24.3. The summed E-state index contributed by atoms with van der Waals surface area (Å²) in [6, 6.07) is 26.7. The Balaban J connectivity index is 1.27. The van der Waals surface area contributed by atoms with Gasteiger partial charge in [0.25, 0.3) is 0 Å². The SMILES string of the molecule is O=CN(Cc1ccccc1)[C@]1(C(=O)Nc2ccc(N3CCOCC3)cc2)CC[C@H]2Cc3ccccc3C[C@@H]2C1. The number of amides is 2. The highest BCUT2D eigenvalue weighted by Crippen LogP contribution is 2.46. The molecule has 3 aromatic rings. The number of morpholine rings is 1. The van der Waals surface area contributed by atoms with Crippen LogP contribution in [0.25, 0.3) is 0 Å². The molecule has 6 nitrogen and oxygen atoms in total. The maximum absolute atomic E-state index is 14.2. The molecule has 1 saturated carbocycles. The molecule has 2 amide bonds. The van der Waals surface area contributed by atoms with E-state index in [4.69, 9.17) is 4.74 Å². The lowest BCUT2D eigenvalue weighted by atomic mass is 9.62. The van der Waals surface area contributed by atoms with Gasteiger partial charge in [0, 0.05) is 31.0 Å². The molecule has 0 radical (unpaired) electrons. The Labute approximate surface area is 231 Å². The molecule has 6 rings (SSSR count). The van der Waals surface area contributed by atoms with Crippen LogP contribution in [-0.4, -0.2) is 49.1 Å². The number of anilines is 2. The molecule has 6 heteroatoms. The minimum atomic E-state index is -0.895. The zero-order valence-corrected chi connectivity index (χ0v) is 22.4. The average molecular weight is 524 g/mol. The molecule has 3 aromatic carbocycles. The van der Waals surface area contributed by atoms with Crippen LogP contribution >= 0.6 is 0 Å². The minimum absolute atomic E-state index is 0.0815. The molecule has 1 N–H and O–H groups in total. The van der Waals surface area contributed by atoms with Gasteiger partial charge in [0.05, 0.1) is 13.2 Å². The van der Waals surface area contributed by atoms with Crippen molar-refractivity contribution in [2.45, 2.75) is 44.2 Å². The van der Waals surface area contributed by atoms with Gasteiger partial charge in [0.1, 0.15) is 5.54 Å². The first-order chi connectivity index (χ1) is 19.1. The second-order valence-corrected chi connectivity index (χ2v) is 11.3. The molecule has 1 aliphatic heterocycles. The Bertz CT molecular complexity index is 1290. The smallest absolute Gasteiger partial charge is 0.250 e. The van der Waals surface area contributed by atoms with Crippen molar-refractivity contribution in [2.24, 2.45) is 11.8 Å². The van der Waals surface area contributed by atoms with Crippen LogP contribution in [0, 0.1) is 11.8 Å². The maximum atomic E-state index is 14.2. The first-order valence-electron chi connectivity index (χ1n) is 14.2. The van der Waals surface area contributed by atoms with Gasteiger partial charge in [-0.05, 0) is 84.9 Å². The zero-order chi connectivity index (χ0) is 26.7. The van der Waals surface area contributed by atoms with Crippen LogP contribution in [0.3, 0.4) is 0 Å². The van der Waals surface area contributed by atoms with E-state index in [9.17, 15) is 9.59 Å². The van der Waals surface area contributed by atoms with Crippen LogP contribution in [-0.2, 0) is 33.7 Å². The van der Waals surface area contributed by atoms with Gasteiger partial charge < -0.3 is 19.9 Å². The Kier molecular flexibility index (Phi) is 7.38. The number of ether oxygens (including phenoxy) is 1. The summed E-state index contributed by atoms with van der Waals surface area (Å²) in [4.78, 5) is 31.0. The maximum Gasteiger partial charge on any atom is 0.250 e. The van der Waals surface area contributed by atoms with Crippen molar-refractivity contribution >= 4 is 23.7 Å². The number of nitrogens with one attached hydrogen (secondary N) is 1. The van der Waals surface area contributed by atoms with E-state index in [2.05, 4.69) is 46.6 Å². The predicted octanol–water partition coefficient (Wildman–Crippen LogP) is 5.07. The van der Waals surface area contributed by atoms with Crippen LogP contribution in [0.4, 0.5) is 11.4 Å². The first kappa shape index (κ1) is 25.6. The molecule has 2 fully saturated rings. The van der Waals surface area contributed by atoms with Crippen LogP contribution in [0.1, 0.15) is 36.0 Å². The Hall–Kier alpha value is -3.64. The molecule has 202 valence electrons. The lowest BCUT2D eigenvalue weighted by molar-refractivity contribution is -0.143. The Morgan fingerprint density at radius 1 is 0.923 bits per heavy atom. The topological polar surface area (TPSA) is 61.9 Å². The molecule has 2 aliphatic carbocycles. The van der Waals surface area contributed by atoms with Gasteiger partial charge in [-0.2, -0.15) is 0 Å². The number of carbonyl (C=O) groups is 2. The monoisotopic (exact) mass is 523 g/mol. The van der Waals surface area contributed by atoms with E-state index in [1.54, 1.807) is 4.90 Å². The average Bonchev–Trinajstić information content (AvgIpc) is 3.00. The molecule has 39 heavy (non-hydrogen) atoms. The molecular formula is C33H37N3O3. The largest absolute Gasteiger partial charge is 0.378 e. The van der Waals surface area contributed by atoms with Gasteiger partial charge in [-0.25, -0.2) is 0 Å². The summed E-state index contributed by atoms with van der Waals surface area (Å²) in [7, 11) is 0. The summed E-state index contributed by atoms with van der Waals surface area (Å²) >= 11 is 0. The molecular weight excluding hydrogens is 486 g/mol. The van der Waals surface area contributed by atoms with Crippen molar-refractivity contribution in [3.63, 3.8) is 0 Å². The number of fused-ring (bicyclic) bond motifs is 2. The number of nitrogens with zero attached hydrogens (tertiary/aromatic N) is 2. The minimum Gasteiger partial charge on any atom is -0.378 e. The van der Waals surface area contributed by atoms with E-state index in [-0.39, 0.29) is 5.91 Å². The summed E-state index contributed by atoms with van der Waals surface area (Å²) in [6.45, 7) is 3.62.